The van der Waals surface area contributed by atoms with Crippen LogP contribution < -0.4 is 16.8 Å². The summed E-state index contributed by atoms with van der Waals surface area (Å²) in [4.78, 5) is 2.43. The van der Waals surface area contributed by atoms with E-state index < -0.39 is 0 Å². The molecular weight excluding hydrogens is 348 g/mol. The van der Waals surface area contributed by atoms with Gasteiger partial charge in [0.05, 0.1) is 5.82 Å². The monoisotopic (exact) mass is 378 g/mol. The lowest BCUT2D eigenvalue weighted by atomic mass is 9.77. The van der Waals surface area contributed by atoms with E-state index in [1.54, 1.807) is 24.3 Å². The number of phenolic OH excluding ortho intramolecular Hbond substituents is 1. The summed E-state index contributed by atoms with van der Waals surface area (Å²) >= 11 is 5.85. The van der Waals surface area contributed by atoms with Crippen molar-refractivity contribution in [3.05, 3.63) is 46.8 Å². The van der Waals surface area contributed by atoms with Crippen LogP contribution in [0.15, 0.2) is 36.2 Å². The number of aromatic hydroxyl groups is 1. The highest BCUT2D eigenvalue weighted by atomic mass is 35.5. The normalized spacial score (nSPS) is 21.6. The van der Waals surface area contributed by atoms with Gasteiger partial charge in [-0.2, -0.15) is 0 Å². The predicted octanol–water partition coefficient (Wildman–Crippen LogP) is 3.39. The van der Waals surface area contributed by atoms with Crippen LogP contribution in [0, 0.1) is 0 Å². The number of halogens is 1. The number of rotatable bonds is 4. The number of nitrogens with zero attached hydrogens (tertiary/aromatic N) is 1. The maximum Gasteiger partial charge on any atom is 0.126 e. The van der Waals surface area contributed by atoms with Gasteiger partial charge in [-0.1, -0.05) is 11.6 Å². The van der Waals surface area contributed by atoms with Gasteiger partial charge in [0.25, 0.3) is 0 Å². The summed E-state index contributed by atoms with van der Waals surface area (Å²) in [7, 11) is 2.18. The Kier molecular flexibility index (Phi) is 5.83. The van der Waals surface area contributed by atoms with Gasteiger partial charge in [0.2, 0.25) is 0 Å². The van der Waals surface area contributed by atoms with Crippen molar-refractivity contribution in [1.29, 1.82) is 0 Å². The first-order valence-corrected chi connectivity index (χ1v) is 9.22. The number of allylic oxidation sites excluding steroid dienone is 2. The number of piperidine rings is 1. The van der Waals surface area contributed by atoms with Crippen LogP contribution in [-0.4, -0.2) is 34.2 Å². The molecule has 0 unspecified atom stereocenters. The molecule has 1 aromatic rings. The maximum atomic E-state index is 9.95. The van der Waals surface area contributed by atoms with Gasteiger partial charge in [-0.15, -0.1) is 0 Å². The van der Waals surface area contributed by atoms with E-state index in [0.717, 1.165) is 12.8 Å². The first kappa shape index (κ1) is 20.5. The van der Waals surface area contributed by atoms with E-state index >= 15 is 0 Å². The van der Waals surface area contributed by atoms with Gasteiger partial charge in [0.15, 0.2) is 0 Å². The molecule has 5 nitrogen and oxygen atoms in total. The minimum Gasteiger partial charge on any atom is -0.507 e. The third kappa shape index (κ3) is 4.65. The molecule has 0 bridgehead atoms. The number of nitrogens with one attached hydrogen (secondary N) is 1. The molecule has 0 aliphatic carbocycles. The van der Waals surface area contributed by atoms with Crippen LogP contribution in [0.4, 0.5) is 0 Å². The summed E-state index contributed by atoms with van der Waals surface area (Å²) < 4.78 is 0. The number of benzene rings is 1. The fourth-order valence-electron chi connectivity index (χ4n) is 3.78. The molecule has 1 aromatic carbocycles. The molecule has 1 aliphatic heterocycles. The lowest BCUT2D eigenvalue weighted by molar-refractivity contribution is -0.0163. The summed E-state index contributed by atoms with van der Waals surface area (Å²) in [6, 6.07) is 5.12. The van der Waals surface area contributed by atoms with E-state index in [-0.39, 0.29) is 22.9 Å². The molecule has 0 saturated carbocycles. The molecule has 6 N–H and O–H groups in total. The Morgan fingerprint density at radius 2 is 1.77 bits per heavy atom. The third-order valence-corrected chi connectivity index (χ3v) is 5.63. The quantitative estimate of drug-likeness (QED) is 0.603. The second-order valence-electron chi connectivity index (χ2n) is 8.34. The highest BCUT2D eigenvalue weighted by molar-refractivity contribution is 6.30. The van der Waals surface area contributed by atoms with Gasteiger partial charge < -0.3 is 21.9 Å². The molecule has 6 heteroatoms. The van der Waals surface area contributed by atoms with Crippen molar-refractivity contribution in [3.8, 4) is 5.75 Å². The summed E-state index contributed by atoms with van der Waals surface area (Å²) in [5, 5.41) is 13.8. The van der Waals surface area contributed by atoms with E-state index in [1.165, 1.54) is 6.07 Å². The molecule has 1 heterocycles. The fraction of sp³-hybridized carbons (Fsp3) is 0.500. The Morgan fingerprint density at radius 1 is 1.19 bits per heavy atom. The molecule has 2 rings (SSSR count). The van der Waals surface area contributed by atoms with E-state index in [0.29, 0.717) is 22.1 Å². The van der Waals surface area contributed by atoms with Crippen LogP contribution in [-0.2, 0) is 0 Å². The van der Waals surface area contributed by atoms with Crippen molar-refractivity contribution in [2.75, 3.05) is 7.05 Å². The predicted molar refractivity (Wildman–Crippen MR) is 110 cm³/mol. The Balaban J connectivity index is 2.10. The number of hydrogen-bond donors (Lipinski definition) is 4. The van der Waals surface area contributed by atoms with Gasteiger partial charge in [-0.3, -0.25) is 4.90 Å². The Bertz CT molecular complexity index is 707. The Labute approximate surface area is 161 Å². The topological polar surface area (TPSA) is 87.5 Å². The highest BCUT2D eigenvalue weighted by Crippen LogP contribution is 2.37. The molecule has 1 fully saturated rings. The highest BCUT2D eigenvalue weighted by Gasteiger charge is 2.42. The first-order valence-electron chi connectivity index (χ1n) is 8.85. The number of hydrogen-bond acceptors (Lipinski definition) is 5. The van der Waals surface area contributed by atoms with Crippen molar-refractivity contribution in [1.82, 2.24) is 10.2 Å². The minimum absolute atomic E-state index is 0.0463. The SMILES string of the molecule is CN1C(C)(C)CC(N/C(N)=C/C=C(\N)c2ccc(Cl)cc2O)CC1(C)C. The molecule has 0 radical (unpaired) electrons. The number of phenols is 1. The maximum absolute atomic E-state index is 9.95. The van der Waals surface area contributed by atoms with Gasteiger partial charge in [-0.05, 0) is 77.9 Å². The fourth-order valence-corrected chi connectivity index (χ4v) is 3.94. The lowest BCUT2D eigenvalue weighted by Crippen LogP contribution is -2.62. The van der Waals surface area contributed by atoms with Crippen molar-refractivity contribution < 1.29 is 5.11 Å². The smallest absolute Gasteiger partial charge is 0.126 e. The van der Waals surface area contributed by atoms with Gasteiger partial charge in [-0.25, -0.2) is 0 Å². The molecule has 26 heavy (non-hydrogen) atoms. The molecule has 1 saturated heterocycles. The first-order chi connectivity index (χ1) is 11.9. The zero-order valence-corrected chi connectivity index (χ0v) is 17.1. The molecule has 144 valence electrons. The van der Waals surface area contributed by atoms with Crippen molar-refractivity contribution in [2.24, 2.45) is 11.5 Å². The molecule has 0 aromatic heterocycles. The van der Waals surface area contributed by atoms with Crippen LogP contribution in [0.2, 0.25) is 5.02 Å². The molecule has 0 atom stereocenters. The molecule has 1 aliphatic rings. The largest absolute Gasteiger partial charge is 0.507 e. The minimum atomic E-state index is 0.0463. The van der Waals surface area contributed by atoms with E-state index in [4.69, 9.17) is 23.1 Å². The van der Waals surface area contributed by atoms with E-state index in [2.05, 4.69) is 45.0 Å². The zero-order chi connectivity index (χ0) is 19.7. The van der Waals surface area contributed by atoms with Crippen LogP contribution in [0.1, 0.15) is 46.1 Å². The van der Waals surface area contributed by atoms with Gasteiger partial charge >= 0.3 is 0 Å². The van der Waals surface area contributed by atoms with Crippen LogP contribution in [0.5, 0.6) is 5.75 Å². The summed E-state index contributed by atoms with van der Waals surface area (Å²) in [5.74, 6) is 0.604. The zero-order valence-electron chi connectivity index (χ0n) is 16.3. The second-order valence-corrected chi connectivity index (χ2v) is 8.78. The Hall–Kier alpha value is -1.85. The van der Waals surface area contributed by atoms with E-state index in [1.807, 2.05) is 0 Å². The van der Waals surface area contributed by atoms with Gasteiger partial charge in [0.1, 0.15) is 5.75 Å². The van der Waals surface area contributed by atoms with Gasteiger partial charge in [0, 0.05) is 33.4 Å². The third-order valence-electron chi connectivity index (χ3n) is 5.39. The molecule has 0 amide bonds. The van der Waals surface area contributed by atoms with Crippen molar-refractivity contribution >= 4 is 17.3 Å². The lowest BCUT2D eigenvalue weighted by Gasteiger charge is -2.53. The second kappa shape index (κ2) is 7.41. The van der Waals surface area contributed by atoms with Crippen molar-refractivity contribution in [2.45, 2.75) is 57.7 Å². The molecular formula is C20H31ClN4O. The average Bonchev–Trinajstić information content (AvgIpc) is 2.49. The van der Waals surface area contributed by atoms with E-state index in [9.17, 15) is 5.11 Å². The summed E-state index contributed by atoms with van der Waals surface area (Å²) in [6.07, 6.45) is 5.43. The number of likely N-dealkylation sites (tertiary alicyclic amines) is 1. The standard InChI is InChI=1S/C20H31ClN4O/c1-19(2)11-14(12-20(3,4)25(19)5)24-18(23)9-8-16(22)15-7-6-13(21)10-17(15)26/h6-10,14,24,26H,11-12,22-23H2,1-5H3/b16-8-,18-9+. The van der Waals surface area contributed by atoms with Crippen LogP contribution >= 0.6 is 11.6 Å². The molecule has 0 spiro atoms. The average molecular weight is 379 g/mol. The van der Waals surface area contributed by atoms with Crippen LogP contribution in [0.3, 0.4) is 0 Å². The summed E-state index contributed by atoms with van der Waals surface area (Å²) in [6.45, 7) is 9.01. The number of nitrogens with two attached hydrogens (primary N) is 2. The Morgan fingerprint density at radius 3 is 2.31 bits per heavy atom. The van der Waals surface area contributed by atoms with Crippen LogP contribution in [0.25, 0.3) is 5.70 Å². The summed E-state index contributed by atoms with van der Waals surface area (Å²) in [5.41, 5.74) is 13.3. The van der Waals surface area contributed by atoms with Crippen molar-refractivity contribution in [3.63, 3.8) is 0 Å².